The Balaban J connectivity index is 1.51. The summed E-state index contributed by atoms with van der Waals surface area (Å²) in [6.45, 7) is 7.69. The van der Waals surface area contributed by atoms with Gasteiger partial charge in [0.05, 0.1) is 6.54 Å². The number of piperazine rings is 1. The number of nitrogens with zero attached hydrogens (tertiary/aromatic N) is 6. The first-order chi connectivity index (χ1) is 10.3. The number of aromatic nitrogens is 4. The van der Waals surface area contributed by atoms with Crippen LogP contribution >= 0.6 is 11.3 Å². The Morgan fingerprint density at radius 2 is 1.90 bits per heavy atom. The summed E-state index contributed by atoms with van der Waals surface area (Å²) in [7, 11) is 0. The highest BCUT2D eigenvalue weighted by Gasteiger charge is 2.19. The van der Waals surface area contributed by atoms with E-state index >= 15 is 0 Å². The van der Waals surface area contributed by atoms with Gasteiger partial charge in [-0.15, -0.1) is 10.2 Å². The topological polar surface area (TPSA) is 70.1 Å². The van der Waals surface area contributed by atoms with Crippen molar-refractivity contribution in [3.8, 4) is 0 Å². The monoisotopic (exact) mass is 305 g/mol. The number of hydrogen-bond donors (Lipinski definition) is 1. The molecule has 0 amide bonds. The average molecular weight is 305 g/mol. The molecule has 0 bridgehead atoms. The van der Waals surface area contributed by atoms with Crippen molar-refractivity contribution in [3.05, 3.63) is 23.5 Å². The fourth-order valence-corrected chi connectivity index (χ4v) is 3.14. The molecular weight excluding hydrogens is 286 g/mol. The molecule has 1 aliphatic rings. The lowest BCUT2D eigenvalue weighted by atomic mass is 10.3. The molecule has 7 nitrogen and oxygen atoms in total. The second kappa shape index (κ2) is 6.77. The molecule has 2 aromatic heterocycles. The number of rotatable bonds is 5. The maximum atomic E-state index is 4.30. The van der Waals surface area contributed by atoms with Gasteiger partial charge < -0.3 is 10.2 Å². The molecule has 3 rings (SSSR count). The first kappa shape index (κ1) is 14.2. The predicted octanol–water partition coefficient (Wildman–Crippen LogP) is 1.08. The van der Waals surface area contributed by atoms with Crippen LogP contribution in [0.4, 0.5) is 11.1 Å². The van der Waals surface area contributed by atoms with Crippen LogP contribution in [-0.2, 0) is 6.54 Å². The fourth-order valence-electron chi connectivity index (χ4n) is 2.29. The van der Waals surface area contributed by atoms with Crippen molar-refractivity contribution in [2.24, 2.45) is 0 Å². The van der Waals surface area contributed by atoms with Crippen molar-refractivity contribution in [1.82, 2.24) is 25.1 Å². The Bertz CT molecular complexity index is 551. The summed E-state index contributed by atoms with van der Waals surface area (Å²) in [5, 5.41) is 13.5. The first-order valence-corrected chi connectivity index (χ1v) is 7.97. The van der Waals surface area contributed by atoms with E-state index in [1.807, 2.05) is 6.07 Å². The second-order valence-corrected chi connectivity index (χ2v) is 5.91. The molecule has 0 radical (unpaired) electrons. The van der Waals surface area contributed by atoms with E-state index in [9.17, 15) is 0 Å². The van der Waals surface area contributed by atoms with Gasteiger partial charge in [0.15, 0.2) is 0 Å². The van der Waals surface area contributed by atoms with Gasteiger partial charge in [-0.3, -0.25) is 4.90 Å². The summed E-state index contributed by atoms with van der Waals surface area (Å²) in [6, 6.07) is 1.84. The van der Waals surface area contributed by atoms with Crippen molar-refractivity contribution >= 4 is 22.4 Å². The van der Waals surface area contributed by atoms with Gasteiger partial charge in [0.25, 0.3) is 0 Å². The second-order valence-electron chi connectivity index (χ2n) is 4.84. The molecule has 8 heteroatoms. The molecule has 1 aliphatic heterocycles. The highest BCUT2D eigenvalue weighted by molar-refractivity contribution is 7.15. The van der Waals surface area contributed by atoms with Gasteiger partial charge in [0, 0.05) is 45.1 Å². The van der Waals surface area contributed by atoms with Gasteiger partial charge >= 0.3 is 0 Å². The fraction of sp³-hybridized carbons (Fsp3) is 0.538. The minimum Gasteiger partial charge on any atom is -0.360 e. The molecule has 0 aliphatic carbocycles. The van der Waals surface area contributed by atoms with Crippen LogP contribution in [0.25, 0.3) is 0 Å². The van der Waals surface area contributed by atoms with E-state index in [2.05, 4.69) is 42.2 Å². The zero-order chi connectivity index (χ0) is 14.5. The molecule has 2 aromatic rings. The molecule has 0 unspecified atom stereocenters. The van der Waals surface area contributed by atoms with Crippen LogP contribution in [0.2, 0.25) is 0 Å². The largest absolute Gasteiger partial charge is 0.360 e. The van der Waals surface area contributed by atoms with Crippen LogP contribution in [0.1, 0.15) is 11.9 Å². The van der Waals surface area contributed by atoms with Crippen LogP contribution in [0, 0.1) is 0 Å². The zero-order valence-electron chi connectivity index (χ0n) is 12.1. The van der Waals surface area contributed by atoms with E-state index in [0.29, 0.717) is 0 Å². The van der Waals surface area contributed by atoms with Gasteiger partial charge in [-0.05, 0) is 13.0 Å². The number of nitrogens with one attached hydrogen (secondary N) is 1. The maximum Gasteiger partial charge on any atom is 0.225 e. The molecule has 1 saturated heterocycles. The van der Waals surface area contributed by atoms with E-state index < -0.39 is 0 Å². The third-order valence-electron chi connectivity index (χ3n) is 3.36. The summed E-state index contributed by atoms with van der Waals surface area (Å²) < 4.78 is 0. The van der Waals surface area contributed by atoms with Crippen molar-refractivity contribution in [2.45, 2.75) is 13.5 Å². The molecule has 21 heavy (non-hydrogen) atoms. The van der Waals surface area contributed by atoms with Gasteiger partial charge in [-0.2, -0.15) is 0 Å². The lowest BCUT2D eigenvalue weighted by molar-refractivity contribution is 0.248. The van der Waals surface area contributed by atoms with Crippen LogP contribution in [0.3, 0.4) is 0 Å². The Labute approximate surface area is 128 Å². The van der Waals surface area contributed by atoms with E-state index in [0.717, 1.165) is 55.4 Å². The number of anilines is 2. The lowest BCUT2D eigenvalue weighted by Crippen LogP contribution is -2.46. The normalized spacial score (nSPS) is 16.1. The Kier molecular flexibility index (Phi) is 4.56. The summed E-state index contributed by atoms with van der Waals surface area (Å²) in [6.07, 6.45) is 3.58. The van der Waals surface area contributed by atoms with Crippen LogP contribution in [0.15, 0.2) is 18.5 Å². The predicted molar refractivity (Wildman–Crippen MR) is 83.6 cm³/mol. The van der Waals surface area contributed by atoms with Crippen molar-refractivity contribution in [2.75, 3.05) is 42.9 Å². The van der Waals surface area contributed by atoms with Gasteiger partial charge in [0.2, 0.25) is 11.1 Å². The molecule has 1 fully saturated rings. The average Bonchev–Trinajstić information content (AvgIpc) is 2.97. The Morgan fingerprint density at radius 3 is 2.62 bits per heavy atom. The standard InChI is InChI=1S/C13H19N7S/c1-2-14-13-18-17-11(21-13)10-19-6-8-20(9-7-19)12-15-4-3-5-16-12/h3-5H,2,6-10H2,1H3,(H,14,18). The van der Waals surface area contributed by atoms with E-state index in [4.69, 9.17) is 0 Å². The maximum absolute atomic E-state index is 4.30. The lowest BCUT2D eigenvalue weighted by Gasteiger charge is -2.34. The zero-order valence-corrected chi connectivity index (χ0v) is 12.9. The molecule has 0 aromatic carbocycles. The van der Waals surface area contributed by atoms with E-state index in [1.165, 1.54) is 0 Å². The summed E-state index contributed by atoms with van der Waals surface area (Å²) in [5.74, 6) is 0.822. The quantitative estimate of drug-likeness (QED) is 0.886. The summed E-state index contributed by atoms with van der Waals surface area (Å²) in [5.41, 5.74) is 0. The van der Waals surface area contributed by atoms with Crippen LogP contribution in [0.5, 0.6) is 0 Å². The van der Waals surface area contributed by atoms with E-state index in [-0.39, 0.29) is 0 Å². The van der Waals surface area contributed by atoms with E-state index in [1.54, 1.807) is 23.7 Å². The summed E-state index contributed by atoms with van der Waals surface area (Å²) in [4.78, 5) is 13.2. The Morgan fingerprint density at radius 1 is 1.14 bits per heavy atom. The van der Waals surface area contributed by atoms with Crippen LogP contribution in [-0.4, -0.2) is 57.8 Å². The smallest absolute Gasteiger partial charge is 0.225 e. The first-order valence-electron chi connectivity index (χ1n) is 7.15. The third-order valence-corrected chi connectivity index (χ3v) is 4.23. The molecule has 112 valence electrons. The Hall–Kier alpha value is -1.80. The van der Waals surface area contributed by atoms with Gasteiger partial charge in [-0.1, -0.05) is 11.3 Å². The van der Waals surface area contributed by atoms with Gasteiger partial charge in [0.1, 0.15) is 5.01 Å². The van der Waals surface area contributed by atoms with Crippen LogP contribution < -0.4 is 10.2 Å². The highest BCUT2D eigenvalue weighted by Crippen LogP contribution is 2.18. The molecular formula is C13H19N7S. The van der Waals surface area contributed by atoms with Gasteiger partial charge in [-0.25, -0.2) is 9.97 Å². The minimum absolute atomic E-state index is 0.822. The van der Waals surface area contributed by atoms with Crippen molar-refractivity contribution < 1.29 is 0 Å². The third kappa shape index (κ3) is 3.64. The van der Waals surface area contributed by atoms with Crippen molar-refractivity contribution in [1.29, 1.82) is 0 Å². The molecule has 0 spiro atoms. The molecule has 1 N–H and O–H groups in total. The van der Waals surface area contributed by atoms with Crippen molar-refractivity contribution in [3.63, 3.8) is 0 Å². The highest BCUT2D eigenvalue weighted by atomic mass is 32.1. The number of hydrogen-bond acceptors (Lipinski definition) is 8. The minimum atomic E-state index is 0.822. The molecule has 0 saturated carbocycles. The summed E-state index contributed by atoms with van der Waals surface area (Å²) >= 11 is 1.63. The molecule has 3 heterocycles. The molecule has 0 atom stereocenters. The SMILES string of the molecule is CCNc1nnc(CN2CCN(c3ncccn3)CC2)s1.